The van der Waals surface area contributed by atoms with E-state index in [0.29, 0.717) is 22.4 Å². The van der Waals surface area contributed by atoms with E-state index in [2.05, 4.69) is 15.4 Å². The van der Waals surface area contributed by atoms with Gasteiger partial charge in [0.05, 0.1) is 12.7 Å². The lowest BCUT2D eigenvalue weighted by Gasteiger charge is -2.11. The second-order valence-corrected chi connectivity index (χ2v) is 6.30. The first kappa shape index (κ1) is 17.7. The van der Waals surface area contributed by atoms with Crippen molar-refractivity contribution in [2.75, 3.05) is 12.4 Å². The summed E-state index contributed by atoms with van der Waals surface area (Å²) in [4.78, 5) is 36.1. The molecule has 0 aromatic heterocycles. The number of carbonyl (C=O) groups excluding carboxylic acids is 3. The number of esters is 1. The number of hydrogen-bond donors (Lipinski definition) is 2. The van der Waals surface area contributed by atoms with Crippen molar-refractivity contribution in [3.05, 3.63) is 64.7 Å². The van der Waals surface area contributed by atoms with Gasteiger partial charge >= 0.3 is 5.97 Å². The molecule has 1 aliphatic carbocycles. The molecule has 0 atom stereocenters. The van der Waals surface area contributed by atoms with Crippen LogP contribution in [0.2, 0.25) is 0 Å². The molecule has 0 heterocycles. The first-order valence-electron chi connectivity index (χ1n) is 8.39. The highest BCUT2D eigenvalue weighted by molar-refractivity contribution is 6.06. The fourth-order valence-corrected chi connectivity index (χ4v) is 2.46. The van der Waals surface area contributed by atoms with E-state index < -0.39 is 5.97 Å². The molecule has 134 valence electrons. The number of benzene rings is 2. The number of methoxy groups -OCH3 is 1. The van der Waals surface area contributed by atoms with Crippen molar-refractivity contribution in [3.63, 3.8) is 0 Å². The van der Waals surface area contributed by atoms with Gasteiger partial charge in [0.25, 0.3) is 11.8 Å². The van der Waals surface area contributed by atoms with Crippen LogP contribution in [0.5, 0.6) is 0 Å². The number of aryl methyl sites for hydroxylation is 1. The molecule has 6 nitrogen and oxygen atoms in total. The van der Waals surface area contributed by atoms with Crippen molar-refractivity contribution in [2.24, 2.45) is 0 Å². The Balaban J connectivity index is 1.73. The second-order valence-electron chi connectivity index (χ2n) is 6.30. The maximum absolute atomic E-state index is 12.5. The predicted octanol–water partition coefficient (Wildman–Crippen LogP) is 2.93. The summed E-state index contributed by atoms with van der Waals surface area (Å²) in [6.45, 7) is 1.86. The minimum Gasteiger partial charge on any atom is -0.465 e. The van der Waals surface area contributed by atoms with Crippen LogP contribution in [-0.4, -0.2) is 30.9 Å². The molecule has 3 rings (SSSR count). The number of carbonyl (C=O) groups is 3. The Kier molecular flexibility index (Phi) is 5.02. The van der Waals surface area contributed by atoms with Crippen LogP contribution in [0.15, 0.2) is 42.5 Å². The lowest BCUT2D eigenvalue weighted by atomic mass is 10.1. The van der Waals surface area contributed by atoms with Gasteiger partial charge in [-0.25, -0.2) is 4.79 Å². The van der Waals surface area contributed by atoms with Crippen molar-refractivity contribution < 1.29 is 19.1 Å². The van der Waals surface area contributed by atoms with E-state index in [4.69, 9.17) is 0 Å². The molecule has 0 radical (unpaired) electrons. The van der Waals surface area contributed by atoms with E-state index in [0.717, 1.165) is 18.4 Å². The molecule has 6 heteroatoms. The SMILES string of the molecule is COC(=O)c1ccc(C(=O)Nc2cc(C(=O)NC3CC3)ccc2C)cc1. The van der Waals surface area contributed by atoms with Gasteiger partial charge in [-0.15, -0.1) is 0 Å². The summed E-state index contributed by atoms with van der Waals surface area (Å²) in [6, 6.07) is 11.7. The summed E-state index contributed by atoms with van der Waals surface area (Å²) in [7, 11) is 1.30. The topological polar surface area (TPSA) is 84.5 Å². The Morgan fingerprint density at radius 3 is 2.15 bits per heavy atom. The zero-order valence-electron chi connectivity index (χ0n) is 14.7. The lowest BCUT2D eigenvalue weighted by Crippen LogP contribution is -2.25. The van der Waals surface area contributed by atoms with Crippen LogP contribution in [0.1, 0.15) is 49.5 Å². The highest BCUT2D eigenvalue weighted by Gasteiger charge is 2.24. The predicted molar refractivity (Wildman–Crippen MR) is 97.4 cm³/mol. The van der Waals surface area contributed by atoms with Crippen LogP contribution in [-0.2, 0) is 4.74 Å². The number of ether oxygens (including phenoxy) is 1. The van der Waals surface area contributed by atoms with Crippen LogP contribution in [0.3, 0.4) is 0 Å². The molecule has 1 saturated carbocycles. The summed E-state index contributed by atoms with van der Waals surface area (Å²) in [5.41, 5.74) is 2.73. The molecular weight excluding hydrogens is 332 g/mol. The molecule has 2 amide bonds. The second kappa shape index (κ2) is 7.39. The maximum Gasteiger partial charge on any atom is 0.337 e. The first-order chi connectivity index (χ1) is 12.5. The third kappa shape index (κ3) is 4.08. The van der Waals surface area contributed by atoms with Crippen molar-refractivity contribution in [1.82, 2.24) is 5.32 Å². The smallest absolute Gasteiger partial charge is 0.337 e. The Hall–Kier alpha value is -3.15. The monoisotopic (exact) mass is 352 g/mol. The summed E-state index contributed by atoms with van der Waals surface area (Å²) in [5, 5.41) is 5.75. The summed E-state index contributed by atoms with van der Waals surface area (Å²) < 4.78 is 4.64. The molecule has 2 aromatic rings. The van der Waals surface area contributed by atoms with E-state index in [9.17, 15) is 14.4 Å². The average molecular weight is 352 g/mol. The van der Waals surface area contributed by atoms with Crippen LogP contribution in [0.4, 0.5) is 5.69 Å². The first-order valence-corrected chi connectivity index (χ1v) is 8.39. The zero-order chi connectivity index (χ0) is 18.7. The third-order valence-electron chi connectivity index (χ3n) is 4.23. The highest BCUT2D eigenvalue weighted by atomic mass is 16.5. The van der Waals surface area contributed by atoms with E-state index in [-0.39, 0.29) is 17.9 Å². The molecule has 1 aliphatic rings. The van der Waals surface area contributed by atoms with Gasteiger partial charge in [0.2, 0.25) is 0 Å². The third-order valence-corrected chi connectivity index (χ3v) is 4.23. The van der Waals surface area contributed by atoms with Crippen LogP contribution in [0, 0.1) is 6.92 Å². The maximum atomic E-state index is 12.5. The fraction of sp³-hybridized carbons (Fsp3) is 0.250. The zero-order valence-corrected chi connectivity index (χ0v) is 14.7. The Bertz CT molecular complexity index is 855. The van der Waals surface area contributed by atoms with Gasteiger partial charge in [0.15, 0.2) is 0 Å². The van der Waals surface area contributed by atoms with Crippen molar-refractivity contribution in [2.45, 2.75) is 25.8 Å². The van der Waals surface area contributed by atoms with E-state index in [1.165, 1.54) is 19.2 Å². The van der Waals surface area contributed by atoms with Crippen LogP contribution < -0.4 is 10.6 Å². The summed E-state index contributed by atoms with van der Waals surface area (Å²) >= 11 is 0. The van der Waals surface area contributed by atoms with Gasteiger partial charge in [-0.1, -0.05) is 6.07 Å². The van der Waals surface area contributed by atoms with Crippen molar-refractivity contribution in [1.29, 1.82) is 0 Å². The summed E-state index contributed by atoms with van der Waals surface area (Å²) in [5.74, 6) is -0.906. The van der Waals surface area contributed by atoms with Gasteiger partial charge in [-0.05, 0) is 61.7 Å². The van der Waals surface area contributed by atoms with Gasteiger partial charge in [-0.3, -0.25) is 9.59 Å². The largest absolute Gasteiger partial charge is 0.465 e. The average Bonchev–Trinajstić information content (AvgIpc) is 3.46. The van der Waals surface area contributed by atoms with Crippen molar-refractivity contribution in [3.8, 4) is 0 Å². The van der Waals surface area contributed by atoms with E-state index >= 15 is 0 Å². The Morgan fingerprint density at radius 2 is 1.54 bits per heavy atom. The number of nitrogens with one attached hydrogen (secondary N) is 2. The molecule has 0 bridgehead atoms. The van der Waals surface area contributed by atoms with Gasteiger partial charge in [0, 0.05) is 22.9 Å². The quantitative estimate of drug-likeness (QED) is 0.811. The summed E-state index contributed by atoms with van der Waals surface area (Å²) in [6.07, 6.45) is 2.03. The minimum atomic E-state index is -0.456. The highest BCUT2D eigenvalue weighted by Crippen LogP contribution is 2.22. The lowest BCUT2D eigenvalue weighted by molar-refractivity contribution is 0.0600. The standard InChI is InChI=1S/C20H20N2O4/c1-12-3-4-15(19(24)21-16-9-10-16)11-17(12)22-18(23)13-5-7-14(8-6-13)20(25)26-2/h3-8,11,16H,9-10H2,1-2H3,(H,21,24)(H,22,23). The van der Waals surface area contributed by atoms with Crippen molar-refractivity contribution >= 4 is 23.5 Å². The molecule has 2 N–H and O–H groups in total. The minimum absolute atomic E-state index is 0.134. The molecule has 0 spiro atoms. The molecule has 1 fully saturated rings. The van der Waals surface area contributed by atoms with Gasteiger partial charge < -0.3 is 15.4 Å². The number of amides is 2. The van der Waals surface area contributed by atoms with Gasteiger partial charge in [-0.2, -0.15) is 0 Å². The molecule has 26 heavy (non-hydrogen) atoms. The Labute approximate surface area is 151 Å². The molecule has 0 saturated heterocycles. The van der Waals surface area contributed by atoms with Gasteiger partial charge in [0.1, 0.15) is 0 Å². The fourth-order valence-electron chi connectivity index (χ4n) is 2.46. The number of hydrogen-bond acceptors (Lipinski definition) is 4. The van der Waals surface area contributed by atoms with E-state index in [1.807, 2.05) is 6.92 Å². The Morgan fingerprint density at radius 1 is 0.923 bits per heavy atom. The van der Waals surface area contributed by atoms with E-state index in [1.54, 1.807) is 30.3 Å². The normalized spacial score (nSPS) is 13.0. The molecular formula is C20H20N2O4. The van der Waals surface area contributed by atoms with Crippen LogP contribution in [0.25, 0.3) is 0 Å². The molecule has 0 aliphatic heterocycles. The van der Waals surface area contributed by atoms with Crippen LogP contribution >= 0.6 is 0 Å². The molecule has 0 unspecified atom stereocenters. The number of rotatable bonds is 5. The molecule has 2 aromatic carbocycles. The number of anilines is 1.